The summed E-state index contributed by atoms with van der Waals surface area (Å²) in [4.78, 5) is 25.1. The molecule has 2 aromatic carbocycles. The number of rotatable bonds is 5. The number of carbonyl (C=O) groups is 1. The number of amides is 1. The average molecular weight is 393 g/mol. The number of benzene rings is 2. The Kier molecular flexibility index (Phi) is 4.90. The van der Waals surface area contributed by atoms with Gasteiger partial charge in [-0.15, -0.1) is 11.8 Å². The van der Waals surface area contributed by atoms with Gasteiger partial charge >= 0.3 is 5.63 Å². The van der Waals surface area contributed by atoms with Gasteiger partial charge in [0.05, 0.1) is 6.26 Å². The molecule has 0 bridgehead atoms. The highest BCUT2D eigenvalue weighted by Crippen LogP contribution is 2.26. The van der Waals surface area contributed by atoms with Gasteiger partial charge in [0.25, 0.3) is 5.91 Å². The van der Waals surface area contributed by atoms with Gasteiger partial charge in [0.2, 0.25) is 0 Å². The summed E-state index contributed by atoms with van der Waals surface area (Å²) in [5.41, 5.74) is 1.06. The van der Waals surface area contributed by atoms with Gasteiger partial charge in [0.15, 0.2) is 5.76 Å². The van der Waals surface area contributed by atoms with Crippen LogP contribution in [0.1, 0.15) is 16.1 Å². The molecule has 0 aliphatic rings. The molecule has 1 amide bonds. The van der Waals surface area contributed by atoms with Crippen LogP contribution in [-0.2, 0) is 5.75 Å². The molecule has 28 heavy (non-hydrogen) atoms. The molecular formula is C21H15NO5S. The van der Waals surface area contributed by atoms with Gasteiger partial charge in [-0.25, -0.2) is 4.79 Å². The van der Waals surface area contributed by atoms with E-state index in [0.717, 1.165) is 10.3 Å². The highest BCUT2D eigenvalue weighted by Gasteiger charge is 2.10. The number of hydrogen-bond acceptors (Lipinski definition) is 6. The number of nitrogens with one attached hydrogen (secondary N) is 1. The fourth-order valence-electron chi connectivity index (χ4n) is 2.67. The smallest absolute Gasteiger partial charge is 0.340 e. The van der Waals surface area contributed by atoms with Crippen molar-refractivity contribution in [2.75, 3.05) is 5.32 Å². The lowest BCUT2D eigenvalue weighted by Gasteiger charge is -2.07. The van der Waals surface area contributed by atoms with Crippen molar-refractivity contribution in [1.29, 1.82) is 0 Å². The lowest BCUT2D eigenvalue weighted by molar-refractivity contribution is 0.0996. The predicted molar refractivity (Wildman–Crippen MR) is 107 cm³/mol. The minimum Gasteiger partial charge on any atom is -0.508 e. The zero-order chi connectivity index (χ0) is 19.5. The van der Waals surface area contributed by atoms with E-state index in [4.69, 9.17) is 8.83 Å². The van der Waals surface area contributed by atoms with Crippen molar-refractivity contribution in [1.82, 2.24) is 0 Å². The van der Waals surface area contributed by atoms with Crippen LogP contribution in [0.5, 0.6) is 5.75 Å². The minimum atomic E-state index is -0.437. The molecule has 0 aliphatic carbocycles. The normalized spacial score (nSPS) is 10.9. The summed E-state index contributed by atoms with van der Waals surface area (Å²) in [7, 11) is 0. The van der Waals surface area contributed by atoms with Crippen LogP contribution >= 0.6 is 11.8 Å². The first-order valence-electron chi connectivity index (χ1n) is 8.42. The second-order valence-electron chi connectivity index (χ2n) is 6.03. The molecule has 2 aromatic heterocycles. The van der Waals surface area contributed by atoms with Crippen molar-refractivity contribution < 1.29 is 18.7 Å². The molecule has 4 rings (SSSR count). The Morgan fingerprint density at radius 1 is 1.07 bits per heavy atom. The summed E-state index contributed by atoms with van der Waals surface area (Å²) in [6, 6.07) is 17.0. The standard InChI is InChI=1S/C21H15NO5S/c23-16-7-6-13-9-14(21(25)27-19(13)11-16)12-28-17-4-1-3-15(10-17)22-20(24)18-5-2-8-26-18/h1-11,23H,12H2,(H,22,24). The van der Waals surface area contributed by atoms with Crippen LogP contribution in [-0.4, -0.2) is 11.0 Å². The van der Waals surface area contributed by atoms with Crippen LogP contribution < -0.4 is 10.9 Å². The maximum atomic E-state index is 12.2. The molecule has 0 aliphatic heterocycles. The minimum absolute atomic E-state index is 0.0474. The van der Waals surface area contributed by atoms with Crippen LogP contribution in [0.3, 0.4) is 0 Å². The fourth-order valence-corrected chi connectivity index (χ4v) is 3.58. The molecule has 0 fully saturated rings. The number of anilines is 1. The molecule has 140 valence electrons. The van der Waals surface area contributed by atoms with Gasteiger partial charge in [-0.2, -0.15) is 0 Å². The van der Waals surface area contributed by atoms with Crippen LogP contribution in [0.4, 0.5) is 5.69 Å². The van der Waals surface area contributed by atoms with Crippen molar-refractivity contribution in [3.63, 3.8) is 0 Å². The quantitative estimate of drug-likeness (QED) is 0.379. The van der Waals surface area contributed by atoms with Crippen LogP contribution in [0.15, 0.2) is 85.5 Å². The maximum Gasteiger partial charge on any atom is 0.340 e. The third-order valence-electron chi connectivity index (χ3n) is 4.02. The first-order valence-corrected chi connectivity index (χ1v) is 9.40. The second-order valence-corrected chi connectivity index (χ2v) is 7.08. The van der Waals surface area contributed by atoms with E-state index < -0.39 is 5.63 Å². The maximum absolute atomic E-state index is 12.2. The van der Waals surface area contributed by atoms with Gasteiger partial charge in [0, 0.05) is 33.4 Å². The Hall–Kier alpha value is -3.45. The lowest BCUT2D eigenvalue weighted by atomic mass is 10.2. The molecule has 7 heteroatoms. The molecule has 0 unspecified atom stereocenters. The number of furan rings is 1. The Morgan fingerprint density at radius 2 is 1.96 bits per heavy atom. The van der Waals surface area contributed by atoms with Gasteiger partial charge in [-0.3, -0.25) is 4.79 Å². The third-order valence-corrected chi connectivity index (χ3v) is 5.07. The molecule has 0 spiro atoms. The van der Waals surface area contributed by atoms with Gasteiger partial charge in [-0.1, -0.05) is 6.07 Å². The van der Waals surface area contributed by atoms with E-state index in [9.17, 15) is 14.7 Å². The third kappa shape index (κ3) is 3.94. The number of hydrogen-bond donors (Lipinski definition) is 2. The molecule has 4 aromatic rings. The number of carbonyl (C=O) groups excluding carboxylic acids is 1. The number of aromatic hydroxyl groups is 1. The van der Waals surface area contributed by atoms with E-state index in [2.05, 4.69) is 5.32 Å². The number of fused-ring (bicyclic) bond motifs is 1. The summed E-state index contributed by atoms with van der Waals surface area (Å²) in [5.74, 6) is 0.365. The van der Waals surface area contributed by atoms with E-state index in [0.29, 0.717) is 22.6 Å². The van der Waals surface area contributed by atoms with E-state index >= 15 is 0 Å². The zero-order valence-electron chi connectivity index (χ0n) is 14.5. The van der Waals surface area contributed by atoms with Gasteiger partial charge in [0.1, 0.15) is 11.3 Å². The fraction of sp³-hybridized carbons (Fsp3) is 0.0476. The second kappa shape index (κ2) is 7.66. The Morgan fingerprint density at radius 3 is 2.79 bits per heavy atom. The first kappa shape index (κ1) is 17.9. The Labute approximate surface area is 163 Å². The summed E-state index contributed by atoms with van der Waals surface area (Å²) < 4.78 is 10.4. The van der Waals surface area contributed by atoms with Crippen LogP contribution in [0, 0.1) is 0 Å². The van der Waals surface area contributed by atoms with Crippen LogP contribution in [0.25, 0.3) is 11.0 Å². The molecule has 2 N–H and O–H groups in total. The monoisotopic (exact) mass is 393 g/mol. The van der Waals surface area contributed by atoms with Crippen molar-refractivity contribution >= 4 is 34.3 Å². The highest BCUT2D eigenvalue weighted by molar-refractivity contribution is 7.98. The van der Waals surface area contributed by atoms with E-state index in [1.807, 2.05) is 18.2 Å². The molecule has 6 nitrogen and oxygen atoms in total. The van der Waals surface area contributed by atoms with Crippen molar-refractivity contribution in [3.8, 4) is 5.75 Å². The Bertz CT molecular complexity index is 1200. The van der Waals surface area contributed by atoms with E-state index in [1.165, 1.54) is 24.1 Å². The predicted octanol–water partition coefficient (Wildman–Crippen LogP) is 4.64. The van der Waals surface area contributed by atoms with E-state index in [-0.39, 0.29) is 17.4 Å². The topological polar surface area (TPSA) is 92.7 Å². The zero-order valence-corrected chi connectivity index (χ0v) is 15.4. The first-order chi connectivity index (χ1) is 13.6. The molecular weight excluding hydrogens is 378 g/mol. The summed E-state index contributed by atoms with van der Waals surface area (Å²) in [5, 5.41) is 13.0. The number of phenolic OH excluding ortho intramolecular Hbond substituents is 1. The van der Waals surface area contributed by atoms with Gasteiger partial charge in [-0.05, 0) is 48.5 Å². The molecule has 0 radical (unpaired) electrons. The lowest BCUT2D eigenvalue weighted by Crippen LogP contribution is -2.10. The summed E-state index contributed by atoms with van der Waals surface area (Å²) in [6.45, 7) is 0. The number of thioether (sulfide) groups is 1. The molecule has 0 atom stereocenters. The van der Waals surface area contributed by atoms with Crippen molar-refractivity contribution in [2.45, 2.75) is 10.6 Å². The molecule has 0 saturated heterocycles. The van der Waals surface area contributed by atoms with E-state index in [1.54, 1.807) is 36.4 Å². The number of phenols is 1. The molecule has 2 heterocycles. The van der Waals surface area contributed by atoms with Gasteiger partial charge < -0.3 is 19.3 Å². The SMILES string of the molecule is O=C(Nc1cccc(SCc2cc3ccc(O)cc3oc2=O)c1)c1ccco1. The van der Waals surface area contributed by atoms with Crippen molar-refractivity contribution in [2.24, 2.45) is 0 Å². The summed E-state index contributed by atoms with van der Waals surface area (Å²) in [6.07, 6.45) is 1.44. The Balaban J connectivity index is 1.48. The molecule has 0 saturated carbocycles. The highest BCUT2D eigenvalue weighted by atomic mass is 32.2. The summed E-state index contributed by atoms with van der Waals surface area (Å²) >= 11 is 1.45. The van der Waals surface area contributed by atoms with Crippen molar-refractivity contribution in [3.05, 3.63) is 88.7 Å². The van der Waals surface area contributed by atoms with Crippen LogP contribution in [0.2, 0.25) is 0 Å². The average Bonchev–Trinajstić information content (AvgIpc) is 3.22. The largest absolute Gasteiger partial charge is 0.508 e.